The molecule has 0 bridgehead atoms. The average Bonchev–Trinajstić information content (AvgIpc) is 2.66. The number of hydrogen-bond acceptors (Lipinski definition) is 4. The van der Waals surface area contributed by atoms with E-state index in [9.17, 15) is 13.2 Å². The van der Waals surface area contributed by atoms with Crippen LogP contribution in [-0.2, 0) is 14.8 Å². The van der Waals surface area contributed by atoms with Gasteiger partial charge in [0, 0.05) is 18.4 Å². The maximum absolute atomic E-state index is 12.6. The lowest BCUT2D eigenvalue weighted by atomic mass is 10.1. The minimum absolute atomic E-state index is 0.00169. The van der Waals surface area contributed by atoms with Gasteiger partial charge in [-0.25, -0.2) is 13.6 Å². The average molecular weight is 383 g/mol. The molecule has 140 valence electrons. The van der Waals surface area contributed by atoms with Gasteiger partial charge in [0.25, 0.3) is 0 Å². The van der Waals surface area contributed by atoms with Crippen molar-refractivity contribution in [2.75, 3.05) is 17.3 Å². The van der Waals surface area contributed by atoms with Crippen molar-refractivity contribution in [3.63, 3.8) is 0 Å². The molecule has 0 spiro atoms. The summed E-state index contributed by atoms with van der Waals surface area (Å²) in [6.45, 7) is 1.81. The van der Waals surface area contributed by atoms with Crippen LogP contribution < -0.4 is 15.4 Å². The van der Waals surface area contributed by atoms with Crippen molar-refractivity contribution in [2.24, 2.45) is 5.14 Å². The highest BCUT2D eigenvalue weighted by atomic mass is 32.2. The largest absolute Gasteiger partial charge is 0.363 e. The van der Waals surface area contributed by atoms with E-state index in [1.165, 1.54) is 24.3 Å². The number of carbonyl (C=O) groups is 1. The van der Waals surface area contributed by atoms with E-state index in [1.807, 2.05) is 61.3 Å². The van der Waals surface area contributed by atoms with Crippen LogP contribution in [0.2, 0.25) is 0 Å². The van der Waals surface area contributed by atoms with Crippen molar-refractivity contribution in [2.45, 2.75) is 17.9 Å². The molecular weight excluding hydrogens is 362 g/mol. The summed E-state index contributed by atoms with van der Waals surface area (Å²) in [6.07, 6.45) is 0. The molecule has 3 N–H and O–H groups in total. The van der Waals surface area contributed by atoms with Crippen molar-refractivity contribution in [1.82, 2.24) is 0 Å². The minimum Gasteiger partial charge on any atom is -0.363 e. The molecule has 0 radical (unpaired) electrons. The first-order valence-corrected chi connectivity index (χ1v) is 9.96. The molecule has 0 aliphatic carbocycles. The number of anilines is 2. The summed E-state index contributed by atoms with van der Waals surface area (Å²) in [5.41, 5.74) is 1.44. The Bertz CT molecular complexity index is 1080. The zero-order valence-corrected chi connectivity index (χ0v) is 15.9. The molecule has 1 atom stereocenters. The summed E-state index contributed by atoms with van der Waals surface area (Å²) in [6, 6.07) is 19.4. The number of nitrogens with one attached hydrogen (secondary N) is 1. The maximum atomic E-state index is 12.6. The standard InChI is InChI=1S/C20H21N3O3S/c1-14(20(24)22-17-8-11-19(12-9-17)27(21,25)26)23(2)18-10-7-15-5-3-4-6-16(15)13-18/h3-14H,1-2H3,(H,22,24)(H2,21,25,26). The Labute approximate surface area is 158 Å². The smallest absolute Gasteiger partial charge is 0.246 e. The first-order valence-electron chi connectivity index (χ1n) is 8.41. The number of carbonyl (C=O) groups excluding carboxylic acids is 1. The predicted molar refractivity (Wildman–Crippen MR) is 108 cm³/mol. The van der Waals surface area contributed by atoms with Crippen molar-refractivity contribution in [3.8, 4) is 0 Å². The molecule has 0 aliphatic heterocycles. The Balaban J connectivity index is 1.73. The fourth-order valence-electron chi connectivity index (χ4n) is 2.77. The number of primary sulfonamides is 1. The highest BCUT2D eigenvalue weighted by molar-refractivity contribution is 7.89. The number of nitrogens with zero attached hydrogens (tertiary/aromatic N) is 1. The number of sulfonamides is 1. The van der Waals surface area contributed by atoms with Gasteiger partial charge in [0.05, 0.1) is 4.90 Å². The van der Waals surface area contributed by atoms with Crippen LogP contribution in [0.15, 0.2) is 71.6 Å². The van der Waals surface area contributed by atoms with Crippen LogP contribution >= 0.6 is 0 Å². The van der Waals surface area contributed by atoms with Crippen LogP contribution in [0, 0.1) is 0 Å². The van der Waals surface area contributed by atoms with Gasteiger partial charge in [-0.2, -0.15) is 0 Å². The summed E-state index contributed by atoms with van der Waals surface area (Å²) < 4.78 is 22.6. The molecule has 0 aromatic heterocycles. The first-order chi connectivity index (χ1) is 12.8. The summed E-state index contributed by atoms with van der Waals surface area (Å²) in [4.78, 5) is 14.5. The van der Waals surface area contributed by atoms with Gasteiger partial charge in [-0.05, 0) is 54.1 Å². The SMILES string of the molecule is CC(C(=O)Nc1ccc(S(N)(=O)=O)cc1)N(C)c1ccc2ccccc2c1. The Morgan fingerprint density at radius 1 is 1.00 bits per heavy atom. The fourth-order valence-corrected chi connectivity index (χ4v) is 3.29. The Morgan fingerprint density at radius 3 is 2.26 bits per heavy atom. The lowest BCUT2D eigenvalue weighted by molar-refractivity contribution is -0.117. The van der Waals surface area contributed by atoms with Crippen molar-refractivity contribution in [1.29, 1.82) is 0 Å². The third-order valence-electron chi connectivity index (χ3n) is 4.55. The fraction of sp³-hybridized carbons (Fsp3) is 0.150. The minimum atomic E-state index is -3.75. The van der Waals surface area contributed by atoms with Crippen LogP contribution in [0.3, 0.4) is 0 Å². The van der Waals surface area contributed by atoms with Gasteiger partial charge >= 0.3 is 0 Å². The van der Waals surface area contributed by atoms with Crippen LogP contribution in [0.1, 0.15) is 6.92 Å². The van der Waals surface area contributed by atoms with E-state index < -0.39 is 16.1 Å². The van der Waals surface area contributed by atoms with E-state index in [0.717, 1.165) is 16.5 Å². The number of benzene rings is 3. The normalized spacial score (nSPS) is 12.6. The van der Waals surface area contributed by atoms with Crippen LogP contribution in [0.25, 0.3) is 10.8 Å². The number of rotatable bonds is 5. The molecule has 1 amide bonds. The zero-order valence-electron chi connectivity index (χ0n) is 15.1. The second-order valence-corrected chi connectivity index (χ2v) is 7.94. The van der Waals surface area contributed by atoms with Crippen molar-refractivity contribution in [3.05, 3.63) is 66.7 Å². The van der Waals surface area contributed by atoms with E-state index in [0.29, 0.717) is 5.69 Å². The second kappa shape index (κ2) is 7.38. The summed E-state index contributed by atoms with van der Waals surface area (Å²) in [7, 11) is -1.89. The molecule has 0 heterocycles. The summed E-state index contributed by atoms with van der Waals surface area (Å²) in [5, 5.41) is 10.1. The van der Waals surface area contributed by atoms with Gasteiger partial charge in [0.2, 0.25) is 15.9 Å². The van der Waals surface area contributed by atoms with Crippen molar-refractivity contribution < 1.29 is 13.2 Å². The number of hydrogen-bond donors (Lipinski definition) is 2. The molecule has 3 aromatic rings. The highest BCUT2D eigenvalue weighted by Crippen LogP contribution is 2.23. The van der Waals surface area contributed by atoms with E-state index in [2.05, 4.69) is 5.32 Å². The summed E-state index contributed by atoms with van der Waals surface area (Å²) in [5.74, 6) is -0.200. The van der Waals surface area contributed by atoms with Crippen LogP contribution in [-0.4, -0.2) is 27.4 Å². The van der Waals surface area contributed by atoms with Gasteiger partial charge in [-0.15, -0.1) is 0 Å². The third kappa shape index (κ3) is 4.27. The molecule has 1 unspecified atom stereocenters. The Morgan fingerprint density at radius 2 is 1.63 bits per heavy atom. The lowest BCUT2D eigenvalue weighted by Gasteiger charge is -2.26. The molecule has 0 aliphatic rings. The lowest BCUT2D eigenvalue weighted by Crippen LogP contribution is -2.39. The number of fused-ring (bicyclic) bond motifs is 1. The van der Waals surface area contributed by atoms with E-state index in [4.69, 9.17) is 5.14 Å². The molecule has 3 rings (SSSR count). The summed E-state index contributed by atoms with van der Waals surface area (Å²) >= 11 is 0. The first kappa shape index (κ1) is 18.9. The molecule has 0 fully saturated rings. The molecule has 0 saturated heterocycles. The van der Waals surface area contributed by atoms with Gasteiger partial charge in [-0.1, -0.05) is 30.3 Å². The number of nitrogens with two attached hydrogens (primary N) is 1. The zero-order chi connectivity index (χ0) is 19.6. The molecule has 0 saturated carbocycles. The van der Waals surface area contributed by atoms with E-state index in [1.54, 1.807) is 0 Å². The number of amides is 1. The second-order valence-electron chi connectivity index (χ2n) is 6.38. The predicted octanol–water partition coefficient (Wildman–Crippen LogP) is 2.95. The molecular formula is C20H21N3O3S. The molecule has 6 nitrogen and oxygen atoms in total. The third-order valence-corrected chi connectivity index (χ3v) is 5.48. The van der Waals surface area contributed by atoms with Gasteiger partial charge in [0.1, 0.15) is 6.04 Å². The van der Waals surface area contributed by atoms with Crippen molar-refractivity contribution >= 4 is 38.1 Å². The molecule has 3 aromatic carbocycles. The highest BCUT2D eigenvalue weighted by Gasteiger charge is 2.19. The topological polar surface area (TPSA) is 92.5 Å². The van der Waals surface area contributed by atoms with Gasteiger partial charge in [0.15, 0.2) is 0 Å². The maximum Gasteiger partial charge on any atom is 0.246 e. The van der Waals surface area contributed by atoms with Gasteiger partial charge in [-0.3, -0.25) is 4.79 Å². The molecule has 27 heavy (non-hydrogen) atoms. The number of likely N-dealkylation sites (N-methyl/N-ethyl adjacent to an activating group) is 1. The monoisotopic (exact) mass is 383 g/mol. The molecule has 7 heteroatoms. The van der Waals surface area contributed by atoms with Crippen LogP contribution in [0.5, 0.6) is 0 Å². The quantitative estimate of drug-likeness (QED) is 0.708. The Hall–Kier alpha value is -2.90. The van der Waals surface area contributed by atoms with E-state index >= 15 is 0 Å². The van der Waals surface area contributed by atoms with E-state index in [-0.39, 0.29) is 10.8 Å². The van der Waals surface area contributed by atoms with Gasteiger partial charge < -0.3 is 10.2 Å². The Kier molecular flexibility index (Phi) is 5.16. The van der Waals surface area contributed by atoms with Crippen LogP contribution in [0.4, 0.5) is 11.4 Å².